The SMILES string of the molecule is Cc1cc(C)cc(NC(=S)N[C@H]2CO[C@H]3[C@@H]2OC[C@H]3OCC(N)=O)c1. The maximum absolute atomic E-state index is 10.9. The average molecular weight is 365 g/mol. The van der Waals surface area contributed by atoms with E-state index in [2.05, 4.69) is 16.7 Å². The van der Waals surface area contributed by atoms with E-state index in [0.717, 1.165) is 5.69 Å². The summed E-state index contributed by atoms with van der Waals surface area (Å²) in [5, 5.41) is 6.96. The molecule has 2 fully saturated rings. The molecule has 0 bridgehead atoms. The molecule has 0 saturated carbocycles. The van der Waals surface area contributed by atoms with Crippen molar-refractivity contribution < 1.29 is 19.0 Å². The van der Waals surface area contributed by atoms with Crippen molar-refractivity contribution in [1.82, 2.24) is 5.32 Å². The van der Waals surface area contributed by atoms with Gasteiger partial charge in [-0.25, -0.2) is 0 Å². The number of primary amides is 1. The third-order valence-electron chi connectivity index (χ3n) is 4.24. The van der Waals surface area contributed by atoms with E-state index in [1.165, 1.54) is 11.1 Å². The van der Waals surface area contributed by atoms with Crippen molar-refractivity contribution in [3.8, 4) is 0 Å². The van der Waals surface area contributed by atoms with Crippen LogP contribution in [0.4, 0.5) is 5.69 Å². The molecular formula is C17H23N3O4S. The Hall–Kier alpha value is -1.74. The smallest absolute Gasteiger partial charge is 0.243 e. The summed E-state index contributed by atoms with van der Waals surface area (Å²) in [5.41, 5.74) is 8.40. The van der Waals surface area contributed by atoms with Crippen LogP contribution >= 0.6 is 12.2 Å². The van der Waals surface area contributed by atoms with Gasteiger partial charge in [0, 0.05) is 5.69 Å². The summed E-state index contributed by atoms with van der Waals surface area (Å²) >= 11 is 5.41. The lowest BCUT2D eigenvalue weighted by molar-refractivity contribution is -0.126. The highest BCUT2D eigenvalue weighted by Gasteiger charge is 2.48. The first kappa shape index (κ1) is 18.1. The molecule has 0 radical (unpaired) electrons. The molecule has 0 aliphatic carbocycles. The van der Waals surface area contributed by atoms with Gasteiger partial charge in [0.1, 0.15) is 24.9 Å². The van der Waals surface area contributed by atoms with E-state index >= 15 is 0 Å². The molecule has 2 aliphatic rings. The Balaban J connectivity index is 1.54. The number of benzene rings is 1. The number of amides is 1. The summed E-state index contributed by atoms with van der Waals surface area (Å²) < 4.78 is 17.0. The predicted octanol–water partition coefficient (Wildman–Crippen LogP) is 0.627. The Labute approximate surface area is 152 Å². The highest BCUT2D eigenvalue weighted by molar-refractivity contribution is 7.80. The average Bonchev–Trinajstić information content (AvgIpc) is 3.07. The van der Waals surface area contributed by atoms with Crippen LogP contribution in [-0.4, -0.2) is 55.2 Å². The van der Waals surface area contributed by atoms with Crippen molar-refractivity contribution >= 4 is 28.9 Å². The maximum Gasteiger partial charge on any atom is 0.243 e. The van der Waals surface area contributed by atoms with Gasteiger partial charge in [-0.3, -0.25) is 4.79 Å². The number of aryl methyl sites for hydroxylation is 2. The zero-order chi connectivity index (χ0) is 18.0. The van der Waals surface area contributed by atoms with E-state index in [1.54, 1.807) is 0 Å². The van der Waals surface area contributed by atoms with Crippen LogP contribution in [0.15, 0.2) is 18.2 Å². The zero-order valence-corrected chi connectivity index (χ0v) is 15.1. The molecule has 1 aromatic carbocycles. The minimum absolute atomic E-state index is 0.0712. The van der Waals surface area contributed by atoms with Crippen molar-refractivity contribution in [2.75, 3.05) is 25.1 Å². The monoisotopic (exact) mass is 365 g/mol. The van der Waals surface area contributed by atoms with Crippen LogP contribution < -0.4 is 16.4 Å². The van der Waals surface area contributed by atoms with Gasteiger partial charge in [-0.05, 0) is 49.3 Å². The fourth-order valence-corrected chi connectivity index (χ4v) is 3.57. The van der Waals surface area contributed by atoms with Gasteiger partial charge in [-0.2, -0.15) is 0 Å². The molecule has 0 aromatic heterocycles. The maximum atomic E-state index is 10.9. The standard InChI is InChI=1S/C17H23N3O4S/c1-9-3-10(2)5-11(4-9)19-17(25)20-12-6-23-16-13(7-24-15(12)16)22-8-14(18)21/h3-5,12-13,15-16H,6-8H2,1-2H3,(H2,18,21)(H2,19,20,25)/t12-,13+,15+,16+/m0/s1. The second-order valence-electron chi connectivity index (χ2n) is 6.49. The number of nitrogens with two attached hydrogens (primary N) is 1. The molecule has 3 rings (SSSR count). The van der Waals surface area contributed by atoms with E-state index < -0.39 is 5.91 Å². The Morgan fingerprint density at radius 2 is 1.92 bits per heavy atom. The van der Waals surface area contributed by atoms with Gasteiger partial charge >= 0.3 is 0 Å². The van der Waals surface area contributed by atoms with Gasteiger partial charge in [0.25, 0.3) is 0 Å². The number of nitrogens with one attached hydrogen (secondary N) is 2. The number of carbonyl (C=O) groups is 1. The highest BCUT2D eigenvalue weighted by atomic mass is 32.1. The topological polar surface area (TPSA) is 94.8 Å². The van der Waals surface area contributed by atoms with E-state index in [1.807, 2.05) is 26.0 Å². The third kappa shape index (κ3) is 4.46. The zero-order valence-electron chi connectivity index (χ0n) is 14.3. The van der Waals surface area contributed by atoms with Gasteiger partial charge in [-0.15, -0.1) is 0 Å². The van der Waals surface area contributed by atoms with E-state index in [0.29, 0.717) is 18.3 Å². The number of fused-ring (bicyclic) bond motifs is 1. The number of anilines is 1. The number of thiocarbonyl (C=S) groups is 1. The van der Waals surface area contributed by atoms with E-state index in [9.17, 15) is 4.79 Å². The molecule has 0 unspecified atom stereocenters. The van der Waals surface area contributed by atoms with E-state index in [4.69, 9.17) is 32.2 Å². The Kier molecular flexibility index (Phi) is 5.53. The largest absolute Gasteiger partial charge is 0.370 e. The molecule has 2 aliphatic heterocycles. The van der Waals surface area contributed by atoms with Crippen molar-refractivity contribution in [2.45, 2.75) is 38.2 Å². The third-order valence-corrected chi connectivity index (χ3v) is 4.46. The number of hydrogen-bond acceptors (Lipinski definition) is 5. The molecule has 136 valence electrons. The van der Waals surface area contributed by atoms with Crippen molar-refractivity contribution in [3.63, 3.8) is 0 Å². The summed E-state index contributed by atoms with van der Waals surface area (Å²) in [6, 6.07) is 6.11. The molecule has 7 nitrogen and oxygen atoms in total. The fraction of sp³-hybridized carbons (Fsp3) is 0.529. The molecule has 1 aromatic rings. The van der Waals surface area contributed by atoms with Crippen LogP contribution in [0.25, 0.3) is 0 Å². The molecule has 8 heteroatoms. The lowest BCUT2D eigenvalue weighted by Gasteiger charge is -2.20. The number of ether oxygens (including phenoxy) is 3. The number of hydrogen-bond donors (Lipinski definition) is 3. The van der Waals surface area contributed by atoms with Crippen molar-refractivity contribution in [1.29, 1.82) is 0 Å². The first-order chi connectivity index (χ1) is 11.9. The second-order valence-corrected chi connectivity index (χ2v) is 6.90. The molecule has 25 heavy (non-hydrogen) atoms. The molecule has 1 amide bonds. The van der Waals surface area contributed by atoms with Crippen LogP contribution in [0, 0.1) is 13.8 Å². The first-order valence-corrected chi connectivity index (χ1v) is 8.62. The van der Waals surface area contributed by atoms with Crippen LogP contribution in [-0.2, 0) is 19.0 Å². The molecular weight excluding hydrogens is 342 g/mol. The first-order valence-electron chi connectivity index (χ1n) is 8.21. The van der Waals surface area contributed by atoms with Gasteiger partial charge < -0.3 is 30.6 Å². The van der Waals surface area contributed by atoms with Crippen LogP contribution in [0.1, 0.15) is 11.1 Å². The quantitative estimate of drug-likeness (QED) is 0.659. The van der Waals surface area contributed by atoms with Gasteiger partial charge in [-0.1, -0.05) is 6.07 Å². The molecule has 0 spiro atoms. The normalized spacial score (nSPS) is 27.8. The Morgan fingerprint density at radius 1 is 1.24 bits per heavy atom. The predicted molar refractivity (Wildman–Crippen MR) is 97.5 cm³/mol. The summed E-state index contributed by atoms with van der Waals surface area (Å²) in [7, 11) is 0. The summed E-state index contributed by atoms with van der Waals surface area (Å²) in [6.07, 6.45) is -0.678. The fourth-order valence-electron chi connectivity index (χ4n) is 3.30. The molecule has 4 atom stereocenters. The molecule has 2 heterocycles. The van der Waals surface area contributed by atoms with E-state index in [-0.39, 0.29) is 31.0 Å². The van der Waals surface area contributed by atoms with Crippen molar-refractivity contribution in [2.24, 2.45) is 5.73 Å². The highest BCUT2D eigenvalue weighted by Crippen LogP contribution is 2.29. The van der Waals surface area contributed by atoms with Gasteiger partial charge in [0.15, 0.2) is 5.11 Å². The van der Waals surface area contributed by atoms with Gasteiger partial charge in [0.05, 0.1) is 19.3 Å². The molecule has 2 saturated heterocycles. The Morgan fingerprint density at radius 3 is 2.60 bits per heavy atom. The number of carbonyl (C=O) groups excluding carboxylic acids is 1. The summed E-state index contributed by atoms with van der Waals surface area (Å²) in [6.45, 7) is 4.79. The summed E-state index contributed by atoms with van der Waals surface area (Å²) in [4.78, 5) is 10.9. The number of rotatable bonds is 5. The minimum atomic E-state index is -0.505. The molecule has 4 N–H and O–H groups in total. The van der Waals surface area contributed by atoms with Crippen LogP contribution in [0.2, 0.25) is 0 Å². The van der Waals surface area contributed by atoms with Crippen LogP contribution in [0.5, 0.6) is 0 Å². The minimum Gasteiger partial charge on any atom is -0.370 e. The van der Waals surface area contributed by atoms with Gasteiger partial charge in [0.2, 0.25) is 5.91 Å². The second kappa shape index (κ2) is 7.65. The van der Waals surface area contributed by atoms with Crippen molar-refractivity contribution in [3.05, 3.63) is 29.3 Å². The summed E-state index contributed by atoms with van der Waals surface area (Å²) in [5.74, 6) is -0.505. The van der Waals surface area contributed by atoms with Crippen LogP contribution in [0.3, 0.4) is 0 Å². The Bertz CT molecular complexity index is 649. The lowest BCUT2D eigenvalue weighted by Crippen LogP contribution is -2.46. The lowest BCUT2D eigenvalue weighted by atomic mass is 10.1.